The van der Waals surface area contributed by atoms with E-state index < -0.39 is 0 Å². The number of likely N-dealkylation sites (tertiary alicyclic amines) is 1. The van der Waals surface area contributed by atoms with Crippen LogP contribution in [0.25, 0.3) is 0 Å². The summed E-state index contributed by atoms with van der Waals surface area (Å²) < 4.78 is 5.88. The first-order valence-corrected chi connectivity index (χ1v) is 8.27. The topological polar surface area (TPSA) is 24.5 Å². The molecule has 1 rings (SSSR count). The zero-order chi connectivity index (χ0) is 13.9. The molecule has 0 amide bonds. The molecule has 1 saturated heterocycles. The van der Waals surface area contributed by atoms with Crippen LogP contribution in [-0.4, -0.2) is 50.3 Å². The predicted octanol–water partition coefficient (Wildman–Crippen LogP) is 2.90. The lowest BCUT2D eigenvalue weighted by Crippen LogP contribution is -2.40. The number of ether oxygens (including phenoxy) is 1. The molecule has 1 fully saturated rings. The van der Waals surface area contributed by atoms with Gasteiger partial charge in [0.1, 0.15) is 0 Å². The van der Waals surface area contributed by atoms with Gasteiger partial charge in [-0.15, -0.1) is 0 Å². The normalized spacial score (nSPS) is 21.2. The van der Waals surface area contributed by atoms with E-state index in [4.69, 9.17) is 4.74 Å². The summed E-state index contributed by atoms with van der Waals surface area (Å²) in [5, 5.41) is 3.52. The molecular formula is C16H34N2O. The fourth-order valence-corrected chi connectivity index (χ4v) is 2.61. The Balaban J connectivity index is 1.99. The molecule has 114 valence electrons. The Morgan fingerprint density at radius 1 is 1.32 bits per heavy atom. The van der Waals surface area contributed by atoms with E-state index in [-0.39, 0.29) is 0 Å². The fourth-order valence-electron chi connectivity index (χ4n) is 2.61. The van der Waals surface area contributed by atoms with Crippen LogP contribution in [0.15, 0.2) is 0 Å². The minimum absolute atomic E-state index is 0.493. The van der Waals surface area contributed by atoms with Crippen LogP contribution < -0.4 is 5.32 Å². The molecule has 3 nitrogen and oxygen atoms in total. The number of hydrogen-bond acceptors (Lipinski definition) is 3. The summed E-state index contributed by atoms with van der Waals surface area (Å²) in [6.45, 7) is 13.6. The number of hydrogen-bond donors (Lipinski definition) is 1. The first-order chi connectivity index (χ1) is 9.22. The van der Waals surface area contributed by atoms with E-state index in [1.165, 1.54) is 45.3 Å². The Hall–Kier alpha value is -0.120. The van der Waals surface area contributed by atoms with Crippen molar-refractivity contribution in [2.45, 2.75) is 59.0 Å². The third kappa shape index (κ3) is 8.61. The van der Waals surface area contributed by atoms with Gasteiger partial charge >= 0.3 is 0 Å². The molecule has 1 aliphatic heterocycles. The van der Waals surface area contributed by atoms with Crippen molar-refractivity contribution in [2.75, 3.05) is 39.3 Å². The van der Waals surface area contributed by atoms with Gasteiger partial charge in [-0.25, -0.2) is 0 Å². The summed E-state index contributed by atoms with van der Waals surface area (Å²) in [4.78, 5) is 2.59. The number of unbranched alkanes of at least 4 members (excludes halogenated alkanes) is 1. The van der Waals surface area contributed by atoms with Crippen LogP contribution >= 0.6 is 0 Å². The maximum Gasteiger partial charge on any atom is 0.0702 e. The highest BCUT2D eigenvalue weighted by Gasteiger charge is 2.19. The highest BCUT2D eigenvalue weighted by molar-refractivity contribution is 4.73. The average molecular weight is 270 g/mol. The molecule has 0 bridgehead atoms. The third-order valence-electron chi connectivity index (χ3n) is 3.65. The van der Waals surface area contributed by atoms with E-state index in [0.717, 1.165) is 32.0 Å². The van der Waals surface area contributed by atoms with Gasteiger partial charge in [0.05, 0.1) is 6.10 Å². The minimum Gasteiger partial charge on any atom is -0.377 e. The van der Waals surface area contributed by atoms with Crippen LogP contribution in [0.5, 0.6) is 0 Å². The van der Waals surface area contributed by atoms with Crippen molar-refractivity contribution in [3.63, 3.8) is 0 Å². The Labute approximate surface area is 120 Å². The van der Waals surface area contributed by atoms with Gasteiger partial charge in [-0.3, -0.25) is 0 Å². The smallest absolute Gasteiger partial charge is 0.0702 e. The van der Waals surface area contributed by atoms with Gasteiger partial charge in [-0.1, -0.05) is 20.8 Å². The Bertz CT molecular complexity index is 209. The molecule has 19 heavy (non-hydrogen) atoms. The molecule has 0 aromatic rings. The van der Waals surface area contributed by atoms with Gasteiger partial charge in [0.2, 0.25) is 0 Å². The van der Waals surface area contributed by atoms with Crippen molar-refractivity contribution in [3.05, 3.63) is 0 Å². The molecular weight excluding hydrogens is 236 g/mol. The van der Waals surface area contributed by atoms with E-state index in [0.29, 0.717) is 6.10 Å². The van der Waals surface area contributed by atoms with Crippen LogP contribution in [0, 0.1) is 5.92 Å². The lowest BCUT2D eigenvalue weighted by Gasteiger charge is -2.32. The van der Waals surface area contributed by atoms with E-state index in [2.05, 4.69) is 31.0 Å². The van der Waals surface area contributed by atoms with Crippen molar-refractivity contribution in [1.29, 1.82) is 0 Å². The maximum absolute atomic E-state index is 5.88. The summed E-state index contributed by atoms with van der Waals surface area (Å²) >= 11 is 0. The first-order valence-electron chi connectivity index (χ1n) is 8.27. The molecule has 0 aromatic carbocycles. The molecule has 0 aliphatic carbocycles. The van der Waals surface area contributed by atoms with E-state index >= 15 is 0 Å². The lowest BCUT2D eigenvalue weighted by molar-refractivity contribution is -0.000319. The van der Waals surface area contributed by atoms with Crippen LogP contribution in [0.4, 0.5) is 0 Å². The maximum atomic E-state index is 5.88. The average Bonchev–Trinajstić information content (AvgIpc) is 2.40. The van der Waals surface area contributed by atoms with Gasteiger partial charge in [0.25, 0.3) is 0 Å². The number of piperidine rings is 1. The van der Waals surface area contributed by atoms with E-state index in [9.17, 15) is 0 Å². The van der Waals surface area contributed by atoms with Gasteiger partial charge < -0.3 is 15.0 Å². The second kappa shape index (κ2) is 10.6. The molecule has 1 heterocycles. The van der Waals surface area contributed by atoms with E-state index in [1.54, 1.807) is 0 Å². The molecule has 0 aromatic heterocycles. The highest BCUT2D eigenvalue weighted by atomic mass is 16.5. The summed E-state index contributed by atoms with van der Waals surface area (Å²) in [6, 6.07) is 0. The van der Waals surface area contributed by atoms with Crippen molar-refractivity contribution >= 4 is 0 Å². The SMILES string of the molecule is CCCOC1CCCN(CCCCNCC(C)C)C1. The van der Waals surface area contributed by atoms with Crippen molar-refractivity contribution in [2.24, 2.45) is 5.92 Å². The van der Waals surface area contributed by atoms with Gasteiger partial charge in [-0.05, 0) is 64.2 Å². The number of nitrogens with one attached hydrogen (secondary N) is 1. The quantitative estimate of drug-likeness (QED) is 0.618. The van der Waals surface area contributed by atoms with Crippen molar-refractivity contribution in [1.82, 2.24) is 10.2 Å². The summed E-state index contributed by atoms with van der Waals surface area (Å²) in [7, 11) is 0. The molecule has 1 atom stereocenters. The second-order valence-corrected chi connectivity index (χ2v) is 6.24. The first kappa shape index (κ1) is 16.9. The van der Waals surface area contributed by atoms with Gasteiger partial charge in [0, 0.05) is 13.2 Å². The van der Waals surface area contributed by atoms with E-state index in [1.807, 2.05) is 0 Å². The summed E-state index contributed by atoms with van der Waals surface area (Å²) in [5.74, 6) is 0.763. The molecule has 1 unspecified atom stereocenters. The molecule has 0 saturated carbocycles. The Morgan fingerprint density at radius 3 is 2.89 bits per heavy atom. The number of rotatable bonds is 10. The lowest BCUT2D eigenvalue weighted by atomic mass is 10.1. The molecule has 1 N–H and O–H groups in total. The molecule has 0 spiro atoms. The molecule has 0 radical (unpaired) electrons. The molecule has 3 heteroatoms. The second-order valence-electron chi connectivity index (χ2n) is 6.24. The van der Waals surface area contributed by atoms with Crippen molar-refractivity contribution in [3.8, 4) is 0 Å². The fraction of sp³-hybridized carbons (Fsp3) is 1.00. The largest absolute Gasteiger partial charge is 0.377 e. The third-order valence-corrected chi connectivity index (χ3v) is 3.65. The summed E-state index contributed by atoms with van der Waals surface area (Å²) in [6.07, 6.45) is 6.80. The Kier molecular flexibility index (Phi) is 9.48. The van der Waals surface area contributed by atoms with Crippen LogP contribution in [-0.2, 0) is 4.74 Å². The minimum atomic E-state index is 0.493. The standard InChI is InChI=1S/C16H34N2O/c1-4-12-19-16-8-7-11-18(14-16)10-6-5-9-17-13-15(2)3/h15-17H,4-14H2,1-3H3. The van der Waals surface area contributed by atoms with Gasteiger partial charge in [-0.2, -0.15) is 0 Å². The summed E-state index contributed by atoms with van der Waals surface area (Å²) in [5.41, 5.74) is 0. The molecule has 1 aliphatic rings. The Morgan fingerprint density at radius 2 is 2.16 bits per heavy atom. The van der Waals surface area contributed by atoms with Crippen LogP contribution in [0.1, 0.15) is 52.9 Å². The monoisotopic (exact) mass is 270 g/mol. The van der Waals surface area contributed by atoms with Gasteiger partial charge in [0.15, 0.2) is 0 Å². The van der Waals surface area contributed by atoms with Crippen LogP contribution in [0.2, 0.25) is 0 Å². The highest BCUT2D eigenvalue weighted by Crippen LogP contribution is 2.14. The predicted molar refractivity (Wildman–Crippen MR) is 82.6 cm³/mol. The van der Waals surface area contributed by atoms with Crippen LogP contribution in [0.3, 0.4) is 0 Å². The number of nitrogens with zero attached hydrogens (tertiary/aromatic N) is 1. The zero-order valence-corrected chi connectivity index (χ0v) is 13.3. The van der Waals surface area contributed by atoms with Crippen molar-refractivity contribution < 1.29 is 4.74 Å². The zero-order valence-electron chi connectivity index (χ0n) is 13.3.